The standard InChI is InChI=1S/C20H19BrN4O2/c21-17-5-3-16(4-6-17)18-7-8-20(27)25(24-18)13-1-2-19(26)23-14-15-9-11-22-12-10-15/h3-12H,1-2,13-14H2,(H,23,26). The summed E-state index contributed by atoms with van der Waals surface area (Å²) in [5.41, 5.74) is 2.48. The van der Waals surface area contributed by atoms with Crippen LogP contribution < -0.4 is 10.9 Å². The van der Waals surface area contributed by atoms with Crippen LogP contribution in [0.25, 0.3) is 11.3 Å². The van der Waals surface area contributed by atoms with E-state index in [0.29, 0.717) is 25.9 Å². The molecule has 1 amide bonds. The molecule has 0 aliphatic heterocycles. The molecule has 0 saturated heterocycles. The topological polar surface area (TPSA) is 76.9 Å². The molecule has 0 unspecified atom stereocenters. The lowest BCUT2D eigenvalue weighted by Gasteiger charge is -2.08. The van der Waals surface area contributed by atoms with Crippen molar-refractivity contribution in [2.24, 2.45) is 0 Å². The van der Waals surface area contributed by atoms with Gasteiger partial charge in [0.15, 0.2) is 0 Å². The van der Waals surface area contributed by atoms with Crippen molar-refractivity contribution in [1.29, 1.82) is 0 Å². The van der Waals surface area contributed by atoms with E-state index in [-0.39, 0.29) is 11.5 Å². The molecule has 0 radical (unpaired) electrons. The molecule has 0 atom stereocenters. The summed E-state index contributed by atoms with van der Waals surface area (Å²) in [6.07, 6.45) is 4.26. The lowest BCUT2D eigenvalue weighted by atomic mass is 10.1. The van der Waals surface area contributed by atoms with Crippen LogP contribution in [0.1, 0.15) is 18.4 Å². The Hall–Kier alpha value is -2.80. The predicted molar refractivity (Wildman–Crippen MR) is 107 cm³/mol. The lowest BCUT2D eigenvalue weighted by molar-refractivity contribution is -0.121. The van der Waals surface area contributed by atoms with Crippen molar-refractivity contribution in [2.45, 2.75) is 25.9 Å². The Morgan fingerprint density at radius 3 is 2.52 bits per heavy atom. The average molecular weight is 427 g/mol. The first-order chi connectivity index (χ1) is 13.1. The Morgan fingerprint density at radius 2 is 1.78 bits per heavy atom. The molecule has 6 nitrogen and oxygen atoms in total. The summed E-state index contributed by atoms with van der Waals surface area (Å²) >= 11 is 3.40. The van der Waals surface area contributed by atoms with Crippen LogP contribution in [0.4, 0.5) is 0 Å². The van der Waals surface area contributed by atoms with Gasteiger partial charge in [0.25, 0.3) is 5.56 Å². The maximum absolute atomic E-state index is 12.0. The second-order valence-electron chi connectivity index (χ2n) is 6.02. The molecular weight excluding hydrogens is 408 g/mol. The second kappa shape index (κ2) is 9.23. The molecule has 3 rings (SSSR count). The fourth-order valence-corrected chi connectivity index (χ4v) is 2.83. The molecule has 1 aromatic carbocycles. The Morgan fingerprint density at radius 1 is 1.04 bits per heavy atom. The molecule has 0 bridgehead atoms. The van der Waals surface area contributed by atoms with Crippen molar-refractivity contribution >= 4 is 21.8 Å². The summed E-state index contributed by atoms with van der Waals surface area (Å²) in [7, 11) is 0. The van der Waals surface area contributed by atoms with Crippen molar-refractivity contribution in [3.63, 3.8) is 0 Å². The number of carbonyl (C=O) groups excluding carboxylic acids is 1. The smallest absolute Gasteiger partial charge is 0.266 e. The highest BCUT2D eigenvalue weighted by Crippen LogP contribution is 2.18. The second-order valence-corrected chi connectivity index (χ2v) is 6.94. The minimum absolute atomic E-state index is 0.0519. The first-order valence-electron chi connectivity index (χ1n) is 8.61. The van der Waals surface area contributed by atoms with Crippen LogP contribution in [0.15, 0.2) is 70.2 Å². The van der Waals surface area contributed by atoms with Crippen LogP contribution in [0.3, 0.4) is 0 Å². The summed E-state index contributed by atoms with van der Waals surface area (Å²) in [6, 6.07) is 14.7. The highest BCUT2D eigenvalue weighted by atomic mass is 79.9. The monoisotopic (exact) mass is 426 g/mol. The van der Waals surface area contributed by atoms with Crippen molar-refractivity contribution in [2.75, 3.05) is 0 Å². The normalized spacial score (nSPS) is 10.6. The number of hydrogen-bond acceptors (Lipinski definition) is 4. The molecule has 138 valence electrons. The third-order valence-electron chi connectivity index (χ3n) is 4.02. The van der Waals surface area contributed by atoms with Crippen molar-refractivity contribution in [3.05, 3.63) is 81.3 Å². The summed E-state index contributed by atoms with van der Waals surface area (Å²) in [5.74, 6) is -0.0519. The molecule has 1 N–H and O–H groups in total. The molecule has 27 heavy (non-hydrogen) atoms. The SMILES string of the molecule is O=C(CCCn1nc(-c2ccc(Br)cc2)ccc1=O)NCc1ccncc1. The third-order valence-corrected chi connectivity index (χ3v) is 4.55. The van der Waals surface area contributed by atoms with Crippen LogP contribution in [-0.4, -0.2) is 20.7 Å². The van der Waals surface area contributed by atoms with E-state index < -0.39 is 0 Å². The van der Waals surface area contributed by atoms with Crippen molar-refractivity contribution in [3.8, 4) is 11.3 Å². The molecular formula is C20H19BrN4O2. The largest absolute Gasteiger partial charge is 0.352 e. The van der Waals surface area contributed by atoms with E-state index in [9.17, 15) is 9.59 Å². The number of aryl methyl sites for hydroxylation is 1. The van der Waals surface area contributed by atoms with Gasteiger partial charge in [-0.05, 0) is 42.3 Å². The zero-order valence-corrected chi connectivity index (χ0v) is 16.2. The van der Waals surface area contributed by atoms with E-state index in [2.05, 4.69) is 31.3 Å². The maximum atomic E-state index is 12.0. The predicted octanol–water partition coefficient (Wildman–Crippen LogP) is 3.16. The lowest BCUT2D eigenvalue weighted by Crippen LogP contribution is -2.25. The molecule has 2 aromatic heterocycles. The minimum atomic E-state index is -0.173. The van der Waals surface area contributed by atoms with E-state index in [1.54, 1.807) is 18.5 Å². The van der Waals surface area contributed by atoms with Gasteiger partial charge in [-0.2, -0.15) is 5.10 Å². The van der Waals surface area contributed by atoms with E-state index >= 15 is 0 Å². The average Bonchev–Trinajstić information content (AvgIpc) is 2.69. The highest BCUT2D eigenvalue weighted by Gasteiger charge is 2.06. The number of rotatable bonds is 7. The van der Waals surface area contributed by atoms with Crippen LogP contribution in [-0.2, 0) is 17.9 Å². The van der Waals surface area contributed by atoms with E-state index in [1.807, 2.05) is 36.4 Å². The molecule has 0 aliphatic carbocycles. The summed E-state index contributed by atoms with van der Waals surface area (Å²) < 4.78 is 2.39. The Labute approximate surface area is 165 Å². The number of nitrogens with one attached hydrogen (secondary N) is 1. The van der Waals surface area contributed by atoms with E-state index in [1.165, 1.54) is 10.7 Å². The zero-order chi connectivity index (χ0) is 19.1. The molecule has 7 heteroatoms. The first kappa shape index (κ1) is 19.0. The molecule has 0 saturated carbocycles. The number of nitrogens with zero attached hydrogens (tertiary/aromatic N) is 3. The van der Waals surface area contributed by atoms with E-state index in [0.717, 1.165) is 21.3 Å². The number of hydrogen-bond donors (Lipinski definition) is 1. The zero-order valence-electron chi connectivity index (χ0n) is 14.6. The van der Waals surface area contributed by atoms with Crippen molar-refractivity contribution in [1.82, 2.24) is 20.1 Å². The van der Waals surface area contributed by atoms with Crippen molar-refractivity contribution < 1.29 is 4.79 Å². The first-order valence-corrected chi connectivity index (χ1v) is 9.41. The molecule has 0 aliphatic rings. The Bertz CT molecular complexity index is 956. The van der Waals surface area contributed by atoms with Crippen LogP contribution >= 0.6 is 15.9 Å². The number of pyridine rings is 1. The summed E-state index contributed by atoms with van der Waals surface area (Å²) in [4.78, 5) is 27.9. The molecule has 2 heterocycles. The number of carbonyl (C=O) groups is 1. The number of amides is 1. The number of aromatic nitrogens is 3. The van der Waals surface area contributed by atoms with Gasteiger partial charge in [0.1, 0.15) is 0 Å². The summed E-state index contributed by atoms with van der Waals surface area (Å²) in [6.45, 7) is 0.866. The Kier molecular flexibility index (Phi) is 6.49. The fourth-order valence-electron chi connectivity index (χ4n) is 2.56. The van der Waals surface area contributed by atoms with Crippen LogP contribution in [0, 0.1) is 0 Å². The quantitative estimate of drug-likeness (QED) is 0.629. The molecule has 0 spiro atoms. The Balaban J connectivity index is 1.54. The van der Waals surface area contributed by atoms with Crippen LogP contribution in [0.5, 0.6) is 0 Å². The minimum Gasteiger partial charge on any atom is -0.352 e. The van der Waals surface area contributed by atoms with Gasteiger partial charge in [0, 0.05) is 48.0 Å². The van der Waals surface area contributed by atoms with Gasteiger partial charge in [-0.15, -0.1) is 0 Å². The van der Waals surface area contributed by atoms with Crippen LogP contribution in [0.2, 0.25) is 0 Å². The molecule has 3 aromatic rings. The van der Waals surface area contributed by atoms with Gasteiger partial charge >= 0.3 is 0 Å². The van der Waals surface area contributed by atoms with Gasteiger partial charge in [-0.1, -0.05) is 28.1 Å². The van der Waals surface area contributed by atoms with Gasteiger partial charge < -0.3 is 5.32 Å². The van der Waals surface area contributed by atoms with Gasteiger partial charge in [0.2, 0.25) is 5.91 Å². The van der Waals surface area contributed by atoms with Gasteiger partial charge in [0.05, 0.1) is 5.69 Å². The van der Waals surface area contributed by atoms with Gasteiger partial charge in [-0.3, -0.25) is 14.6 Å². The number of halogens is 1. The van der Waals surface area contributed by atoms with Gasteiger partial charge in [-0.25, -0.2) is 4.68 Å². The maximum Gasteiger partial charge on any atom is 0.266 e. The molecule has 0 fully saturated rings. The summed E-state index contributed by atoms with van der Waals surface area (Å²) in [5, 5.41) is 7.28. The van der Waals surface area contributed by atoms with E-state index in [4.69, 9.17) is 0 Å². The fraction of sp³-hybridized carbons (Fsp3) is 0.200. The highest BCUT2D eigenvalue weighted by molar-refractivity contribution is 9.10. The number of benzene rings is 1. The third kappa shape index (κ3) is 5.59.